The molecule has 40 heavy (non-hydrogen) atoms. The van der Waals surface area contributed by atoms with E-state index in [1.807, 2.05) is 0 Å². The quantitative estimate of drug-likeness (QED) is 0.336. The number of rotatable bonds is 3. The molecule has 2 aromatic heterocycles. The topological polar surface area (TPSA) is 131 Å². The number of hydrogen-bond donors (Lipinski definition) is 3. The standard InChI is InChI=1S/C30H30FN3O6/c1-3-30(39)18-10-22-25-16(12-34(22)26(35)17(18)13-40-28(30)37)24-20(33-27(36)29(38)8-4-5-9-29)7-6-15-14(2)19(31)11-21(32-25)23(15)24/h10-11,20,38-39H,3-9,12-13H2,1-2H3,(H,33,36)/t20-,30+/m1/s1. The number of esters is 1. The van der Waals surface area contributed by atoms with Gasteiger partial charge in [0.15, 0.2) is 5.60 Å². The first kappa shape index (κ1) is 25.3. The lowest BCUT2D eigenvalue weighted by atomic mass is 9.81. The first-order valence-corrected chi connectivity index (χ1v) is 13.9. The number of benzene rings is 1. The highest BCUT2D eigenvalue weighted by Gasteiger charge is 2.46. The highest BCUT2D eigenvalue weighted by molar-refractivity contribution is 5.94. The number of amides is 1. The van der Waals surface area contributed by atoms with E-state index in [0.29, 0.717) is 48.2 Å². The molecule has 1 aromatic carbocycles. The van der Waals surface area contributed by atoms with Gasteiger partial charge in [-0.3, -0.25) is 9.59 Å². The van der Waals surface area contributed by atoms with Crippen molar-refractivity contribution in [1.82, 2.24) is 14.9 Å². The predicted molar refractivity (Wildman–Crippen MR) is 142 cm³/mol. The number of cyclic esters (lactones) is 1. The van der Waals surface area contributed by atoms with Gasteiger partial charge in [-0.15, -0.1) is 0 Å². The van der Waals surface area contributed by atoms with Crippen molar-refractivity contribution in [1.29, 1.82) is 0 Å². The molecule has 4 heterocycles. The SMILES string of the molecule is CC[C@@]1(O)C(=O)OCc2c1cc1n(c2=O)Cc2c-1nc1cc(F)c(C)c3c1c2[C@H](NC(=O)C1(O)CCCC1)CC3. The van der Waals surface area contributed by atoms with E-state index in [9.17, 15) is 24.6 Å². The molecular formula is C30H30FN3O6. The number of aromatic nitrogens is 2. The van der Waals surface area contributed by atoms with E-state index in [1.165, 1.54) is 6.07 Å². The second-order valence-electron chi connectivity index (χ2n) is 11.6. The summed E-state index contributed by atoms with van der Waals surface area (Å²) in [6, 6.07) is 2.54. The monoisotopic (exact) mass is 547 g/mol. The van der Waals surface area contributed by atoms with E-state index < -0.39 is 29.1 Å². The molecule has 10 heteroatoms. The number of carbonyl (C=O) groups is 2. The van der Waals surface area contributed by atoms with Crippen molar-refractivity contribution in [2.75, 3.05) is 0 Å². The van der Waals surface area contributed by atoms with Gasteiger partial charge in [0.1, 0.15) is 18.0 Å². The Bertz CT molecular complexity index is 1720. The summed E-state index contributed by atoms with van der Waals surface area (Å²) in [5, 5.41) is 26.0. The Balaban J connectivity index is 1.46. The highest BCUT2D eigenvalue weighted by Crippen LogP contribution is 2.46. The molecule has 0 spiro atoms. The third-order valence-corrected chi connectivity index (χ3v) is 9.54. The van der Waals surface area contributed by atoms with Gasteiger partial charge in [-0.05, 0) is 74.6 Å². The van der Waals surface area contributed by atoms with Crippen molar-refractivity contribution in [3.63, 3.8) is 0 Å². The number of aliphatic hydroxyl groups is 2. The Morgan fingerprint density at radius 3 is 2.67 bits per heavy atom. The fourth-order valence-electron chi connectivity index (χ4n) is 7.18. The van der Waals surface area contributed by atoms with Crippen LogP contribution in [-0.2, 0) is 39.5 Å². The lowest BCUT2D eigenvalue weighted by molar-refractivity contribution is -0.172. The zero-order chi connectivity index (χ0) is 28.1. The minimum Gasteiger partial charge on any atom is -0.458 e. The van der Waals surface area contributed by atoms with Gasteiger partial charge in [0.2, 0.25) is 0 Å². The predicted octanol–water partition coefficient (Wildman–Crippen LogP) is 2.94. The second kappa shape index (κ2) is 8.44. The highest BCUT2D eigenvalue weighted by atomic mass is 19.1. The normalized spacial score (nSPS) is 23.9. The number of aryl methyl sites for hydroxylation is 1. The number of nitrogens with zero attached hydrogens (tertiary/aromatic N) is 2. The Morgan fingerprint density at radius 2 is 1.95 bits per heavy atom. The molecule has 0 unspecified atom stereocenters. The molecule has 1 amide bonds. The number of pyridine rings is 2. The fraction of sp³-hybridized carbons (Fsp3) is 0.467. The van der Waals surface area contributed by atoms with Crippen LogP contribution in [0.1, 0.15) is 84.9 Å². The van der Waals surface area contributed by atoms with Crippen LogP contribution >= 0.6 is 0 Å². The molecule has 0 saturated heterocycles. The Kier molecular flexibility index (Phi) is 5.35. The summed E-state index contributed by atoms with van der Waals surface area (Å²) in [4.78, 5) is 44.4. The van der Waals surface area contributed by atoms with Crippen LogP contribution in [0.5, 0.6) is 0 Å². The van der Waals surface area contributed by atoms with Gasteiger partial charge >= 0.3 is 5.97 Å². The molecule has 4 aliphatic rings. The van der Waals surface area contributed by atoms with Crippen molar-refractivity contribution in [3.05, 3.63) is 61.7 Å². The summed E-state index contributed by atoms with van der Waals surface area (Å²) < 4.78 is 21.8. The maximum absolute atomic E-state index is 15.1. The molecule has 208 valence electrons. The average Bonchev–Trinajstić information content (AvgIpc) is 3.55. The summed E-state index contributed by atoms with van der Waals surface area (Å²) in [6.45, 7) is 3.31. The number of carbonyl (C=O) groups excluding carboxylic acids is 2. The Hall–Kier alpha value is -3.63. The first-order chi connectivity index (χ1) is 19.1. The molecule has 2 atom stereocenters. The number of halogens is 1. The van der Waals surface area contributed by atoms with Crippen molar-refractivity contribution in [3.8, 4) is 11.4 Å². The number of ether oxygens (including phenoxy) is 1. The lowest BCUT2D eigenvalue weighted by Gasteiger charge is -2.32. The van der Waals surface area contributed by atoms with Crippen molar-refractivity contribution in [2.45, 2.75) is 89.2 Å². The zero-order valence-electron chi connectivity index (χ0n) is 22.4. The lowest BCUT2D eigenvalue weighted by Crippen LogP contribution is -2.46. The number of fused-ring (bicyclic) bond motifs is 5. The Labute approximate surface area is 229 Å². The van der Waals surface area contributed by atoms with Crippen LogP contribution in [0.2, 0.25) is 0 Å². The number of hydrogen-bond acceptors (Lipinski definition) is 7. The summed E-state index contributed by atoms with van der Waals surface area (Å²) in [7, 11) is 0. The smallest absolute Gasteiger partial charge is 0.343 e. The van der Waals surface area contributed by atoms with E-state index in [4.69, 9.17) is 9.72 Å². The van der Waals surface area contributed by atoms with Crippen LogP contribution in [0.3, 0.4) is 0 Å². The van der Waals surface area contributed by atoms with Gasteiger partial charge in [-0.25, -0.2) is 14.2 Å². The van der Waals surface area contributed by atoms with E-state index in [1.54, 1.807) is 24.5 Å². The van der Waals surface area contributed by atoms with Gasteiger partial charge in [-0.1, -0.05) is 6.92 Å². The molecule has 3 N–H and O–H groups in total. The van der Waals surface area contributed by atoms with Crippen molar-refractivity contribution >= 4 is 22.8 Å². The second-order valence-corrected chi connectivity index (χ2v) is 11.6. The van der Waals surface area contributed by atoms with Crippen molar-refractivity contribution in [2.24, 2.45) is 0 Å². The molecule has 3 aromatic rings. The van der Waals surface area contributed by atoms with Crippen LogP contribution in [0, 0.1) is 12.7 Å². The third-order valence-electron chi connectivity index (χ3n) is 9.54. The molecule has 0 bridgehead atoms. The molecular weight excluding hydrogens is 517 g/mol. The van der Waals surface area contributed by atoms with Gasteiger partial charge in [0.05, 0.1) is 35.1 Å². The molecule has 1 saturated carbocycles. The summed E-state index contributed by atoms with van der Waals surface area (Å²) in [5.41, 5.74) is 0.812. The van der Waals surface area contributed by atoms with E-state index in [0.717, 1.165) is 34.9 Å². The minimum absolute atomic E-state index is 0.0237. The van der Waals surface area contributed by atoms with Crippen LogP contribution in [0.15, 0.2) is 16.9 Å². The van der Waals surface area contributed by atoms with Gasteiger partial charge < -0.3 is 24.8 Å². The summed E-state index contributed by atoms with van der Waals surface area (Å²) in [5.74, 6) is -1.60. The maximum atomic E-state index is 15.1. The number of nitrogens with one attached hydrogen (secondary N) is 1. The van der Waals surface area contributed by atoms with Crippen LogP contribution < -0.4 is 10.9 Å². The van der Waals surface area contributed by atoms with Crippen LogP contribution in [0.25, 0.3) is 22.3 Å². The average molecular weight is 548 g/mol. The molecule has 7 rings (SSSR count). The van der Waals surface area contributed by atoms with Gasteiger partial charge in [0.25, 0.3) is 11.5 Å². The van der Waals surface area contributed by atoms with Crippen LogP contribution in [-0.4, -0.2) is 37.2 Å². The van der Waals surface area contributed by atoms with Gasteiger partial charge in [-0.2, -0.15) is 0 Å². The summed E-state index contributed by atoms with van der Waals surface area (Å²) >= 11 is 0. The molecule has 9 nitrogen and oxygen atoms in total. The Morgan fingerprint density at radius 1 is 1.20 bits per heavy atom. The molecule has 1 fully saturated rings. The minimum atomic E-state index is -1.96. The van der Waals surface area contributed by atoms with Gasteiger partial charge in [0, 0.05) is 22.6 Å². The zero-order valence-corrected chi connectivity index (χ0v) is 22.4. The molecule has 0 radical (unpaired) electrons. The largest absolute Gasteiger partial charge is 0.458 e. The maximum Gasteiger partial charge on any atom is 0.343 e. The van der Waals surface area contributed by atoms with E-state index in [2.05, 4.69) is 5.32 Å². The van der Waals surface area contributed by atoms with E-state index >= 15 is 4.39 Å². The van der Waals surface area contributed by atoms with Crippen LogP contribution in [0.4, 0.5) is 4.39 Å². The molecule has 2 aliphatic carbocycles. The van der Waals surface area contributed by atoms with Crippen molar-refractivity contribution < 1.29 is 28.9 Å². The fourth-order valence-corrected chi connectivity index (χ4v) is 7.18. The summed E-state index contributed by atoms with van der Waals surface area (Å²) in [6.07, 6.45) is 3.43. The van der Waals surface area contributed by atoms with E-state index in [-0.39, 0.29) is 42.1 Å². The third kappa shape index (κ3) is 3.26. The first-order valence-electron chi connectivity index (χ1n) is 13.9. The molecule has 2 aliphatic heterocycles.